The molecule has 0 N–H and O–H groups in total. The maximum absolute atomic E-state index is 12.2. The number of fused-ring (bicyclic) bond motifs is 1. The fourth-order valence-corrected chi connectivity index (χ4v) is 1.80. The van der Waals surface area contributed by atoms with Crippen molar-refractivity contribution in [2.24, 2.45) is 0 Å². The number of hydrogen-bond donors (Lipinski definition) is 0. The molecule has 2 rings (SSSR count). The molecule has 2 radical (unpaired) electrons. The molecule has 0 aliphatic carbocycles. The highest BCUT2D eigenvalue weighted by Gasteiger charge is 2.48. The van der Waals surface area contributed by atoms with Gasteiger partial charge in [-0.1, -0.05) is 11.5 Å². The van der Waals surface area contributed by atoms with Crippen LogP contribution in [0, 0.1) is 0 Å². The summed E-state index contributed by atoms with van der Waals surface area (Å²) in [5, 5.41) is 0.370. The van der Waals surface area contributed by atoms with Crippen LogP contribution in [0.5, 0.6) is 5.75 Å². The standard InChI is InChI=1S/C10H5BF3NO3S/c11-7-3-6-4-8(1-2-9(6)15-5-7)18-19(16,17)10(12,13)14/h1-5H. The first-order valence-electron chi connectivity index (χ1n) is 4.85. The number of alkyl halides is 3. The Morgan fingerprint density at radius 2 is 1.89 bits per heavy atom. The minimum Gasteiger partial charge on any atom is -0.376 e. The van der Waals surface area contributed by atoms with Crippen LogP contribution in [0.3, 0.4) is 0 Å². The highest BCUT2D eigenvalue weighted by molar-refractivity contribution is 7.88. The van der Waals surface area contributed by atoms with Gasteiger partial charge in [0.15, 0.2) is 0 Å². The Labute approximate surface area is 107 Å². The Bertz CT molecular complexity index is 730. The zero-order valence-corrected chi connectivity index (χ0v) is 9.99. The number of pyridine rings is 1. The van der Waals surface area contributed by atoms with Crippen LogP contribution in [0.1, 0.15) is 0 Å². The second kappa shape index (κ2) is 4.41. The lowest BCUT2D eigenvalue weighted by Crippen LogP contribution is -2.28. The lowest BCUT2D eigenvalue weighted by atomic mass is 9.97. The van der Waals surface area contributed by atoms with Gasteiger partial charge in [-0.15, -0.1) is 0 Å². The van der Waals surface area contributed by atoms with Gasteiger partial charge in [0.2, 0.25) is 0 Å². The van der Waals surface area contributed by atoms with E-state index >= 15 is 0 Å². The Morgan fingerprint density at radius 3 is 2.53 bits per heavy atom. The highest BCUT2D eigenvalue weighted by atomic mass is 32.2. The van der Waals surface area contributed by atoms with Crippen molar-refractivity contribution in [3.8, 4) is 5.75 Å². The van der Waals surface area contributed by atoms with Crippen molar-refractivity contribution < 1.29 is 25.8 Å². The molecular formula is C10H5BF3NO3S. The van der Waals surface area contributed by atoms with Gasteiger partial charge in [0.1, 0.15) is 13.6 Å². The van der Waals surface area contributed by atoms with E-state index in [1.807, 2.05) is 0 Å². The minimum absolute atomic E-state index is 0.295. The fraction of sp³-hybridized carbons (Fsp3) is 0.100. The van der Waals surface area contributed by atoms with Crippen LogP contribution >= 0.6 is 0 Å². The van der Waals surface area contributed by atoms with E-state index in [0.717, 1.165) is 12.1 Å². The monoisotopic (exact) mass is 287 g/mol. The van der Waals surface area contributed by atoms with Crippen molar-refractivity contribution in [2.75, 3.05) is 0 Å². The van der Waals surface area contributed by atoms with Crippen molar-refractivity contribution >= 4 is 34.3 Å². The fourth-order valence-electron chi connectivity index (χ4n) is 1.35. The lowest BCUT2D eigenvalue weighted by molar-refractivity contribution is -0.0500. The van der Waals surface area contributed by atoms with E-state index in [2.05, 4.69) is 9.17 Å². The Morgan fingerprint density at radius 1 is 1.21 bits per heavy atom. The van der Waals surface area contributed by atoms with Crippen LogP contribution < -0.4 is 9.65 Å². The second-order valence-corrected chi connectivity index (χ2v) is 5.14. The summed E-state index contributed by atoms with van der Waals surface area (Å²) in [6.45, 7) is 0. The second-order valence-electron chi connectivity index (χ2n) is 3.61. The number of benzene rings is 1. The van der Waals surface area contributed by atoms with E-state index in [0.29, 0.717) is 16.4 Å². The topological polar surface area (TPSA) is 56.3 Å². The molecule has 0 spiro atoms. The molecule has 1 heterocycles. The van der Waals surface area contributed by atoms with E-state index < -0.39 is 21.4 Å². The van der Waals surface area contributed by atoms with Gasteiger partial charge in [0.05, 0.1) is 5.52 Å². The lowest BCUT2D eigenvalue weighted by Gasteiger charge is -2.09. The van der Waals surface area contributed by atoms with Gasteiger partial charge < -0.3 is 4.18 Å². The summed E-state index contributed by atoms with van der Waals surface area (Å²) in [5.74, 6) is -0.461. The van der Waals surface area contributed by atoms with Crippen LogP contribution in [-0.4, -0.2) is 26.8 Å². The van der Waals surface area contributed by atoms with Gasteiger partial charge in [-0.2, -0.15) is 21.6 Å². The van der Waals surface area contributed by atoms with Crippen molar-refractivity contribution in [1.82, 2.24) is 4.98 Å². The van der Waals surface area contributed by atoms with Gasteiger partial charge in [-0.25, -0.2) is 0 Å². The molecule has 19 heavy (non-hydrogen) atoms. The molecule has 0 amide bonds. The van der Waals surface area contributed by atoms with Gasteiger partial charge >= 0.3 is 15.6 Å². The molecule has 0 unspecified atom stereocenters. The first-order chi connectivity index (χ1) is 8.69. The van der Waals surface area contributed by atoms with Crippen LogP contribution in [-0.2, 0) is 10.1 Å². The third kappa shape index (κ3) is 2.81. The number of halogens is 3. The van der Waals surface area contributed by atoms with Crippen molar-refractivity contribution in [1.29, 1.82) is 0 Å². The Hall–Kier alpha value is -1.77. The Balaban J connectivity index is 2.42. The quantitative estimate of drug-likeness (QED) is 0.474. The van der Waals surface area contributed by atoms with Crippen molar-refractivity contribution in [2.45, 2.75) is 5.51 Å². The van der Waals surface area contributed by atoms with E-state index in [9.17, 15) is 21.6 Å². The number of nitrogens with zero attached hydrogens (tertiary/aromatic N) is 1. The van der Waals surface area contributed by atoms with Crippen LogP contribution in [0.4, 0.5) is 13.2 Å². The molecule has 0 atom stereocenters. The molecule has 0 saturated carbocycles. The summed E-state index contributed by atoms with van der Waals surface area (Å²) < 4.78 is 62.1. The average molecular weight is 287 g/mol. The normalized spacial score (nSPS) is 12.6. The summed E-state index contributed by atoms with van der Waals surface area (Å²) in [7, 11) is -0.212. The third-order valence-corrected chi connectivity index (χ3v) is 3.14. The van der Waals surface area contributed by atoms with Gasteiger partial charge in [0.25, 0.3) is 0 Å². The van der Waals surface area contributed by atoms with E-state index in [1.165, 1.54) is 18.3 Å². The highest BCUT2D eigenvalue weighted by Crippen LogP contribution is 2.28. The largest absolute Gasteiger partial charge is 0.534 e. The first kappa shape index (κ1) is 13.7. The molecule has 0 aliphatic rings. The molecule has 0 fully saturated rings. The zero-order chi connectivity index (χ0) is 14.3. The van der Waals surface area contributed by atoms with E-state index in [-0.39, 0.29) is 0 Å². The van der Waals surface area contributed by atoms with Crippen molar-refractivity contribution in [3.05, 3.63) is 30.5 Å². The first-order valence-corrected chi connectivity index (χ1v) is 6.26. The van der Waals surface area contributed by atoms with E-state index in [4.69, 9.17) is 7.85 Å². The maximum Gasteiger partial charge on any atom is 0.534 e. The van der Waals surface area contributed by atoms with Crippen LogP contribution in [0.15, 0.2) is 30.5 Å². The minimum atomic E-state index is -5.68. The SMILES string of the molecule is [B]c1cnc2ccc(OS(=O)(=O)C(F)(F)F)cc2c1. The third-order valence-electron chi connectivity index (χ3n) is 2.16. The predicted octanol–water partition coefficient (Wildman–Crippen LogP) is 1.26. The molecule has 9 heteroatoms. The number of hydrogen-bond acceptors (Lipinski definition) is 4. The molecular weight excluding hydrogens is 282 g/mol. The zero-order valence-electron chi connectivity index (χ0n) is 9.18. The molecule has 4 nitrogen and oxygen atoms in total. The summed E-state index contributed by atoms with van der Waals surface area (Å²) in [6.07, 6.45) is 1.37. The molecule has 0 saturated heterocycles. The van der Waals surface area contributed by atoms with Gasteiger partial charge in [-0.3, -0.25) is 4.98 Å². The van der Waals surface area contributed by atoms with Crippen LogP contribution in [0.25, 0.3) is 10.9 Å². The Kier molecular flexibility index (Phi) is 3.17. The summed E-state index contributed by atoms with van der Waals surface area (Å²) >= 11 is 0. The molecule has 1 aromatic heterocycles. The van der Waals surface area contributed by atoms with Gasteiger partial charge in [0, 0.05) is 11.6 Å². The number of aromatic nitrogens is 1. The van der Waals surface area contributed by atoms with E-state index in [1.54, 1.807) is 0 Å². The number of rotatable bonds is 2. The summed E-state index contributed by atoms with van der Waals surface area (Å²) in [4.78, 5) is 3.91. The molecule has 98 valence electrons. The molecule has 2 aromatic rings. The predicted molar refractivity (Wildman–Crippen MR) is 62.7 cm³/mol. The summed E-state index contributed by atoms with van der Waals surface area (Å²) in [5.41, 5.74) is -4.73. The summed E-state index contributed by atoms with van der Waals surface area (Å²) in [6, 6.07) is 4.96. The molecule has 0 aliphatic heterocycles. The molecule has 1 aromatic carbocycles. The molecule has 0 bridgehead atoms. The van der Waals surface area contributed by atoms with Crippen LogP contribution in [0.2, 0.25) is 0 Å². The average Bonchev–Trinajstić information content (AvgIpc) is 2.26. The smallest absolute Gasteiger partial charge is 0.376 e. The maximum atomic E-state index is 12.2. The van der Waals surface area contributed by atoms with Gasteiger partial charge in [-0.05, 0) is 18.2 Å². The van der Waals surface area contributed by atoms with Crippen molar-refractivity contribution in [3.63, 3.8) is 0 Å².